The highest BCUT2D eigenvalue weighted by atomic mass is 79.9. The first kappa shape index (κ1) is 22.0. The van der Waals surface area contributed by atoms with E-state index in [9.17, 15) is 4.39 Å². The number of benzene rings is 2. The van der Waals surface area contributed by atoms with Gasteiger partial charge in [0.1, 0.15) is 12.4 Å². The van der Waals surface area contributed by atoms with Gasteiger partial charge >= 0.3 is 0 Å². The molecule has 1 N–H and O–H groups in total. The molecule has 0 atom stereocenters. The van der Waals surface area contributed by atoms with Gasteiger partial charge in [-0.1, -0.05) is 33.6 Å². The summed E-state index contributed by atoms with van der Waals surface area (Å²) in [6, 6.07) is 8.04. The maximum atomic E-state index is 13.2. The molecule has 0 aliphatic heterocycles. The van der Waals surface area contributed by atoms with Crippen molar-refractivity contribution < 1.29 is 18.6 Å². The molecule has 2 rings (SSSR count). The lowest BCUT2D eigenvalue weighted by atomic mass is 10.2. The number of methoxy groups -OCH3 is 1. The second-order valence-corrected chi connectivity index (χ2v) is 7.11. The number of ether oxygens (including phenoxy) is 3. The van der Waals surface area contributed by atoms with Crippen molar-refractivity contribution in [3.63, 3.8) is 0 Å². The second kappa shape index (κ2) is 11.5. The van der Waals surface area contributed by atoms with Crippen molar-refractivity contribution in [3.8, 4) is 11.5 Å². The average molecular weight is 461 g/mol. The average Bonchev–Trinajstić information content (AvgIpc) is 2.65. The van der Waals surface area contributed by atoms with Gasteiger partial charge in [0.2, 0.25) is 0 Å². The molecule has 0 radical (unpaired) electrons. The maximum absolute atomic E-state index is 13.2. The van der Waals surface area contributed by atoms with Crippen LogP contribution < -0.4 is 14.8 Å². The van der Waals surface area contributed by atoms with Crippen LogP contribution in [0.25, 0.3) is 0 Å². The zero-order valence-electron chi connectivity index (χ0n) is 15.5. The molecule has 27 heavy (non-hydrogen) atoms. The molecule has 0 saturated heterocycles. The molecule has 0 aromatic heterocycles. The highest BCUT2D eigenvalue weighted by Gasteiger charge is 2.12. The Kier molecular flexibility index (Phi) is 9.34. The van der Waals surface area contributed by atoms with Crippen molar-refractivity contribution in [2.45, 2.75) is 26.5 Å². The first-order valence-corrected chi connectivity index (χ1v) is 9.93. The Labute approximate surface area is 173 Å². The van der Waals surface area contributed by atoms with Crippen LogP contribution in [0.3, 0.4) is 0 Å². The van der Waals surface area contributed by atoms with Crippen molar-refractivity contribution in [1.82, 2.24) is 5.32 Å². The maximum Gasteiger partial charge on any atom is 0.162 e. The van der Waals surface area contributed by atoms with E-state index >= 15 is 0 Å². The zero-order valence-corrected chi connectivity index (χ0v) is 17.8. The molecule has 148 valence electrons. The van der Waals surface area contributed by atoms with E-state index in [2.05, 4.69) is 21.2 Å². The lowest BCUT2D eigenvalue weighted by Crippen LogP contribution is -2.16. The normalized spacial score (nSPS) is 10.9. The van der Waals surface area contributed by atoms with Crippen LogP contribution >= 0.6 is 27.5 Å². The van der Waals surface area contributed by atoms with Gasteiger partial charge in [-0.25, -0.2) is 4.39 Å². The van der Waals surface area contributed by atoms with E-state index < -0.39 is 0 Å². The van der Waals surface area contributed by atoms with E-state index in [-0.39, 0.29) is 12.4 Å². The Morgan fingerprint density at radius 2 is 1.96 bits per heavy atom. The van der Waals surface area contributed by atoms with Crippen LogP contribution in [0.1, 0.15) is 24.5 Å². The van der Waals surface area contributed by atoms with Gasteiger partial charge in [-0.3, -0.25) is 0 Å². The fraction of sp³-hybridized carbons (Fsp3) is 0.400. The van der Waals surface area contributed by atoms with Crippen LogP contribution in [0.2, 0.25) is 5.02 Å². The molecule has 0 heterocycles. The Bertz CT molecular complexity index is 745. The molecular formula is C20H24BrClFNO3. The van der Waals surface area contributed by atoms with Gasteiger partial charge in [0.15, 0.2) is 11.5 Å². The van der Waals surface area contributed by atoms with Crippen molar-refractivity contribution in [1.29, 1.82) is 0 Å². The summed E-state index contributed by atoms with van der Waals surface area (Å²) in [6.45, 7) is 5.28. The smallest absolute Gasteiger partial charge is 0.162 e. The minimum Gasteiger partial charge on any atom is -0.493 e. The summed E-state index contributed by atoms with van der Waals surface area (Å²) in [6.07, 6.45) is 0.961. The Morgan fingerprint density at radius 3 is 2.67 bits per heavy atom. The predicted molar refractivity (Wildman–Crippen MR) is 109 cm³/mol. The monoisotopic (exact) mass is 459 g/mol. The van der Waals surface area contributed by atoms with Crippen molar-refractivity contribution in [2.24, 2.45) is 0 Å². The number of nitrogens with one attached hydrogen (secondary N) is 1. The van der Waals surface area contributed by atoms with Gasteiger partial charge in [0, 0.05) is 29.8 Å². The topological polar surface area (TPSA) is 39.7 Å². The molecule has 0 aliphatic rings. The minimum atomic E-state index is -0.373. The summed E-state index contributed by atoms with van der Waals surface area (Å²) in [4.78, 5) is 0. The molecule has 0 aliphatic carbocycles. The van der Waals surface area contributed by atoms with E-state index in [4.69, 9.17) is 25.8 Å². The zero-order chi connectivity index (χ0) is 19.6. The van der Waals surface area contributed by atoms with E-state index in [0.29, 0.717) is 28.6 Å². The third-order valence-corrected chi connectivity index (χ3v) is 4.98. The largest absolute Gasteiger partial charge is 0.493 e. The second-order valence-electron chi connectivity index (χ2n) is 5.85. The van der Waals surface area contributed by atoms with E-state index in [1.807, 2.05) is 19.1 Å². The van der Waals surface area contributed by atoms with E-state index in [1.165, 1.54) is 12.1 Å². The molecule has 0 spiro atoms. The minimum absolute atomic E-state index is 0.219. The molecule has 0 amide bonds. The van der Waals surface area contributed by atoms with Crippen LogP contribution in [0.15, 0.2) is 34.8 Å². The predicted octanol–water partition coefficient (Wildman–Crippen LogP) is 5.35. The van der Waals surface area contributed by atoms with Gasteiger partial charge in [0.05, 0.1) is 12.1 Å². The molecule has 0 saturated carbocycles. The SMILES string of the molecule is CCOCCCNCc1cc(OC)c(OCc2ccc(F)cc2Cl)cc1Br. The lowest BCUT2D eigenvalue weighted by Gasteiger charge is -2.15. The Balaban J connectivity index is 1.98. The molecule has 4 nitrogen and oxygen atoms in total. The molecular weight excluding hydrogens is 437 g/mol. The summed E-state index contributed by atoms with van der Waals surface area (Å²) in [7, 11) is 1.60. The lowest BCUT2D eigenvalue weighted by molar-refractivity contribution is 0.144. The summed E-state index contributed by atoms with van der Waals surface area (Å²) >= 11 is 9.63. The standard InChI is InChI=1S/C20H24BrClFNO3/c1-3-26-8-4-7-24-12-15-9-19(25-2)20(11-17(15)21)27-13-14-5-6-16(23)10-18(14)22/h5-6,9-11,24H,3-4,7-8,12-13H2,1-2H3. The number of hydrogen-bond acceptors (Lipinski definition) is 4. The van der Waals surface area contributed by atoms with Crippen LogP contribution in [-0.2, 0) is 17.9 Å². The van der Waals surface area contributed by atoms with Crippen molar-refractivity contribution >= 4 is 27.5 Å². The van der Waals surface area contributed by atoms with Crippen LogP contribution in [0.4, 0.5) is 4.39 Å². The molecule has 0 bridgehead atoms. The van der Waals surface area contributed by atoms with Crippen molar-refractivity contribution in [3.05, 3.63) is 56.8 Å². The van der Waals surface area contributed by atoms with Gasteiger partial charge in [-0.15, -0.1) is 0 Å². The number of hydrogen-bond donors (Lipinski definition) is 1. The summed E-state index contributed by atoms with van der Waals surface area (Å²) in [5, 5.41) is 3.72. The first-order chi connectivity index (χ1) is 13.0. The van der Waals surface area contributed by atoms with Crippen molar-refractivity contribution in [2.75, 3.05) is 26.9 Å². The number of rotatable bonds is 11. The quantitative estimate of drug-likeness (QED) is 0.459. The molecule has 0 unspecified atom stereocenters. The van der Waals surface area contributed by atoms with Crippen LogP contribution in [0, 0.1) is 5.82 Å². The van der Waals surface area contributed by atoms with Crippen LogP contribution in [-0.4, -0.2) is 26.9 Å². The third kappa shape index (κ3) is 6.96. The third-order valence-electron chi connectivity index (χ3n) is 3.89. The fourth-order valence-electron chi connectivity index (χ4n) is 2.45. The molecule has 7 heteroatoms. The Hall–Kier alpha value is -1.34. The summed E-state index contributed by atoms with van der Waals surface area (Å²) < 4.78 is 30.7. The summed E-state index contributed by atoms with van der Waals surface area (Å²) in [5.41, 5.74) is 1.77. The van der Waals surface area contributed by atoms with Crippen LogP contribution in [0.5, 0.6) is 11.5 Å². The van der Waals surface area contributed by atoms with Gasteiger partial charge in [-0.2, -0.15) is 0 Å². The fourth-order valence-corrected chi connectivity index (χ4v) is 3.13. The number of halogens is 3. The van der Waals surface area contributed by atoms with Gasteiger partial charge in [-0.05, 0) is 49.7 Å². The molecule has 0 fully saturated rings. The first-order valence-electron chi connectivity index (χ1n) is 8.76. The molecule has 2 aromatic carbocycles. The van der Waals surface area contributed by atoms with E-state index in [0.717, 1.165) is 36.2 Å². The highest BCUT2D eigenvalue weighted by molar-refractivity contribution is 9.10. The van der Waals surface area contributed by atoms with Gasteiger partial charge in [0.25, 0.3) is 0 Å². The van der Waals surface area contributed by atoms with E-state index in [1.54, 1.807) is 13.2 Å². The highest BCUT2D eigenvalue weighted by Crippen LogP contribution is 2.34. The summed E-state index contributed by atoms with van der Waals surface area (Å²) in [5.74, 6) is 0.842. The Morgan fingerprint density at radius 1 is 1.15 bits per heavy atom. The van der Waals surface area contributed by atoms with Gasteiger partial charge < -0.3 is 19.5 Å². The molecule has 2 aromatic rings.